The molecule has 3 aromatic carbocycles. The lowest BCUT2D eigenvalue weighted by Gasteiger charge is -2.30. The van der Waals surface area contributed by atoms with E-state index >= 15 is 0 Å². The molecular formula is C35H47N5O6S. The number of nitrogens with zero attached hydrogens (tertiary/aromatic N) is 2. The lowest BCUT2D eigenvalue weighted by molar-refractivity contribution is 0.0446. The molecule has 0 aliphatic heterocycles. The summed E-state index contributed by atoms with van der Waals surface area (Å²) in [6.07, 6.45) is 2.10. The smallest absolute Gasteiger partial charge is 0.265 e. The summed E-state index contributed by atoms with van der Waals surface area (Å²) < 4.78 is 24.8. The lowest BCUT2D eigenvalue weighted by Crippen LogP contribution is -2.53. The predicted octanol–water partition coefficient (Wildman–Crippen LogP) is 3.75. The van der Waals surface area contributed by atoms with Crippen molar-refractivity contribution < 1.29 is 27.9 Å². The molecule has 3 amide bonds. The second-order valence-electron chi connectivity index (χ2n) is 11.5. The Kier molecular flexibility index (Phi) is 14.5. The number of nitrogens with one attached hydrogen (secondary N) is 2. The number of unbranched alkanes of at least 4 members (excludes halogenated alkanes) is 1. The first kappa shape index (κ1) is 37.4. The minimum Gasteiger partial charge on any atom is -0.390 e. The first-order chi connectivity index (χ1) is 22.5. The molecule has 0 spiro atoms. The number of hydrogen-bond donors (Lipinski definition) is 4. The van der Waals surface area contributed by atoms with Gasteiger partial charge in [-0.05, 0) is 61.6 Å². The van der Waals surface area contributed by atoms with Crippen LogP contribution in [0.1, 0.15) is 83.1 Å². The van der Waals surface area contributed by atoms with Crippen molar-refractivity contribution in [3.05, 3.63) is 101 Å². The molecule has 11 nitrogen and oxygen atoms in total. The minimum atomic E-state index is -4.26. The summed E-state index contributed by atoms with van der Waals surface area (Å²) in [5.41, 5.74) is 4.13. The molecule has 0 aromatic heterocycles. The third-order valence-corrected chi connectivity index (χ3v) is 8.48. The van der Waals surface area contributed by atoms with E-state index in [1.807, 2.05) is 57.2 Å². The van der Waals surface area contributed by atoms with Gasteiger partial charge in [-0.3, -0.25) is 19.8 Å². The van der Waals surface area contributed by atoms with Crippen LogP contribution >= 0.6 is 0 Å². The van der Waals surface area contributed by atoms with Gasteiger partial charge in [-0.25, -0.2) is 18.6 Å². The van der Waals surface area contributed by atoms with Crippen LogP contribution in [0.5, 0.6) is 0 Å². The number of rotatable bonds is 18. The maximum atomic E-state index is 13.8. The van der Waals surface area contributed by atoms with Crippen molar-refractivity contribution in [3.8, 4) is 0 Å². The van der Waals surface area contributed by atoms with Crippen molar-refractivity contribution in [1.29, 1.82) is 0 Å². The summed E-state index contributed by atoms with van der Waals surface area (Å²) in [4.78, 5) is 41.4. The van der Waals surface area contributed by atoms with Crippen LogP contribution in [0.3, 0.4) is 0 Å². The predicted molar refractivity (Wildman–Crippen MR) is 182 cm³/mol. The van der Waals surface area contributed by atoms with Crippen LogP contribution in [-0.2, 0) is 16.4 Å². The van der Waals surface area contributed by atoms with E-state index in [2.05, 4.69) is 10.7 Å². The van der Waals surface area contributed by atoms with E-state index < -0.39 is 34.0 Å². The molecule has 254 valence electrons. The molecule has 3 rings (SSSR count). The summed E-state index contributed by atoms with van der Waals surface area (Å²) in [7, 11) is -4.26. The number of primary sulfonamides is 1. The first-order valence-electron chi connectivity index (χ1n) is 16.1. The van der Waals surface area contributed by atoms with Gasteiger partial charge in [0.05, 0.1) is 17.0 Å². The highest BCUT2D eigenvalue weighted by Gasteiger charge is 2.27. The Hall–Kier alpha value is -4.10. The number of hydrogen-bond acceptors (Lipinski definition) is 7. The zero-order chi connectivity index (χ0) is 34.4. The van der Waals surface area contributed by atoms with Crippen molar-refractivity contribution >= 4 is 27.7 Å². The van der Waals surface area contributed by atoms with E-state index in [4.69, 9.17) is 5.14 Å². The SMILES string of the molecule is CCCCN(CC(O)C(Cc1ccccc1)NC(=O)c1cc(C(=O)N(CCC)CCC)cc(S(N)(=O)=O)c1)NC(=O)c1ccccc1. The number of benzene rings is 3. The average molecular weight is 666 g/mol. The molecule has 5 N–H and O–H groups in total. The zero-order valence-electron chi connectivity index (χ0n) is 27.4. The number of carbonyl (C=O) groups excluding carboxylic acids is 3. The summed E-state index contributed by atoms with van der Waals surface area (Å²) in [5.74, 6) is -1.42. The molecule has 0 aliphatic rings. The van der Waals surface area contributed by atoms with Crippen LogP contribution in [0, 0.1) is 0 Å². The number of carbonyl (C=O) groups is 3. The molecule has 0 saturated carbocycles. The highest BCUT2D eigenvalue weighted by atomic mass is 32.2. The van der Waals surface area contributed by atoms with E-state index in [0.29, 0.717) is 38.0 Å². The van der Waals surface area contributed by atoms with Crippen LogP contribution < -0.4 is 15.9 Å². The number of nitrogens with two attached hydrogens (primary N) is 1. The molecular weight excluding hydrogens is 618 g/mol. The van der Waals surface area contributed by atoms with Gasteiger partial charge in [0.2, 0.25) is 10.0 Å². The fraction of sp³-hybridized carbons (Fsp3) is 0.400. The van der Waals surface area contributed by atoms with Crippen molar-refractivity contribution in [1.82, 2.24) is 20.7 Å². The van der Waals surface area contributed by atoms with Crippen molar-refractivity contribution in [2.24, 2.45) is 5.14 Å². The molecule has 0 radical (unpaired) electrons. The summed E-state index contributed by atoms with van der Waals surface area (Å²) >= 11 is 0. The van der Waals surface area contributed by atoms with Gasteiger partial charge in [-0.1, -0.05) is 75.7 Å². The van der Waals surface area contributed by atoms with Gasteiger partial charge in [-0.2, -0.15) is 0 Å². The second kappa shape index (κ2) is 18.3. The summed E-state index contributed by atoms with van der Waals surface area (Å²) in [6.45, 7) is 7.29. The molecule has 3 aromatic rings. The van der Waals surface area contributed by atoms with Crippen molar-refractivity contribution in [3.63, 3.8) is 0 Å². The monoisotopic (exact) mass is 665 g/mol. The van der Waals surface area contributed by atoms with Gasteiger partial charge >= 0.3 is 0 Å². The maximum Gasteiger partial charge on any atom is 0.265 e. The first-order valence-corrected chi connectivity index (χ1v) is 17.6. The molecule has 2 atom stereocenters. The third kappa shape index (κ3) is 11.6. The highest BCUT2D eigenvalue weighted by molar-refractivity contribution is 7.89. The lowest BCUT2D eigenvalue weighted by atomic mass is 10.00. The van der Waals surface area contributed by atoms with Gasteiger partial charge in [0.25, 0.3) is 17.7 Å². The van der Waals surface area contributed by atoms with E-state index in [1.54, 1.807) is 34.2 Å². The molecule has 12 heteroatoms. The zero-order valence-corrected chi connectivity index (χ0v) is 28.2. The highest BCUT2D eigenvalue weighted by Crippen LogP contribution is 2.18. The van der Waals surface area contributed by atoms with Crippen LogP contribution in [0.2, 0.25) is 0 Å². The molecule has 0 bridgehead atoms. The number of amides is 3. The van der Waals surface area contributed by atoms with Crippen LogP contribution in [-0.4, -0.2) is 79.5 Å². The van der Waals surface area contributed by atoms with Gasteiger partial charge in [0.15, 0.2) is 0 Å². The quantitative estimate of drug-likeness (QED) is 0.151. The molecule has 0 aliphatic carbocycles. The average Bonchev–Trinajstić information content (AvgIpc) is 3.06. The fourth-order valence-corrected chi connectivity index (χ4v) is 5.73. The molecule has 0 fully saturated rings. The number of aliphatic hydroxyl groups is 1. The molecule has 0 heterocycles. The Morgan fingerprint density at radius 3 is 1.96 bits per heavy atom. The fourth-order valence-electron chi connectivity index (χ4n) is 5.15. The van der Waals surface area contributed by atoms with Gasteiger partial charge < -0.3 is 15.3 Å². The Morgan fingerprint density at radius 2 is 1.38 bits per heavy atom. The molecule has 47 heavy (non-hydrogen) atoms. The minimum absolute atomic E-state index is 0.000302. The van der Waals surface area contributed by atoms with Gasteiger partial charge in [-0.15, -0.1) is 0 Å². The Morgan fingerprint density at radius 1 is 0.787 bits per heavy atom. The van der Waals surface area contributed by atoms with Crippen LogP contribution in [0.4, 0.5) is 0 Å². The largest absolute Gasteiger partial charge is 0.390 e. The number of hydrazine groups is 1. The topological polar surface area (TPSA) is 162 Å². The Balaban J connectivity index is 1.93. The molecule has 2 unspecified atom stereocenters. The van der Waals surface area contributed by atoms with E-state index in [-0.39, 0.29) is 34.9 Å². The second-order valence-corrected chi connectivity index (χ2v) is 13.1. The summed E-state index contributed by atoms with van der Waals surface area (Å²) in [5, 5.41) is 21.5. The van der Waals surface area contributed by atoms with Crippen LogP contribution in [0.15, 0.2) is 83.8 Å². The van der Waals surface area contributed by atoms with E-state index in [0.717, 1.165) is 24.5 Å². The van der Waals surface area contributed by atoms with Crippen molar-refractivity contribution in [2.75, 3.05) is 26.2 Å². The standard InChI is InChI=1S/C35H47N5O6S/c1-4-7-20-40(38-34(43)27-16-12-9-13-17-27)25-32(41)31(21-26-14-10-8-11-15-26)37-33(42)28-22-29(24-30(23-28)47(36,45)46)35(44)39(18-5-2)19-6-3/h8-17,22-24,31-32,41H,4-7,18-21,25H2,1-3H3,(H,37,42)(H,38,43)(H2,36,45,46). The molecule has 0 saturated heterocycles. The third-order valence-electron chi connectivity index (χ3n) is 7.58. The Bertz CT molecular complexity index is 1560. The van der Waals surface area contributed by atoms with E-state index in [1.165, 1.54) is 12.1 Å². The summed E-state index contributed by atoms with van der Waals surface area (Å²) in [6, 6.07) is 20.8. The van der Waals surface area contributed by atoms with Crippen LogP contribution in [0.25, 0.3) is 0 Å². The van der Waals surface area contributed by atoms with Gasteiger partial charge in [0.1, 0.15) is 0 Å². The number of aliphatic hydroxyl groups excluding tert-OH is 1. The van der Waals surface area contributed by atoms with E-state index in [9.17, 15) is 27.9 Å². The number of sulfonamides is 1. The van der Waals surface area contributed by atoms with Crippen molar-refractivity contribution in [2.45, 2.75) is 69.9 Å². The maximum absolute atomic E-state index is 13.8. The normalized spacial score (nSPS) is 12.7. The van der Waals surface area contributed by atoms with Gasteiger partial charge in [0, 0.05) is 42.9 Å². The Labute approximate surface area is 278 Å².